The normalized spacial score (nSPS) is 0. The Hall–Kier alpha value is 0.843. The molecule has 0 saturated carbocycles. The van der Waals surface area contributed by atoms with Gasteiger partial charge in [0.15, 0.2) is 0 Å². The van der Waals surface area contributed by atoms with E-state index in [-0.39, 0.29) is 62.1 Å². The van der Waals surface area contributed by atoms with E-state index in [2.05, 4.69) is 0 Å². The van der Waals surface area contributed by atoms with Crippen molar-refractivity contribution in [2.75, 3.05) is 0 Å². The van der Waals surface area contributed by atoms with Crippen molar-refractivity contribution in [2.24, 2.45) is 0 Å². The monoisotopic (exact) mass is 166 g/mol. The van der Waals surface area contributed by atoms with Crippen molar-refractivity contribution in [3.05, 3.63) is 35.9 Å². The van der Waals surface area contributed by atoms with Gasteiger partial charge in [-0.2, -0.15) is 0 Å². The Labute approximate surface area is 62.2 Å². The fourth-order valence-corrected chi connectivity index (χ4v) is 0. The van der Waals surface area contributed by atoms with Crippen LogP contribution in [0, 0.1) is 29.7 Å². The standard InChI is InChI=1S/4CH3.H2N.Zr/h4*1H3;1H2;/q5*-1;. The largest absolute Gasteiger partial charge is 0.693 e. The van der Waals surface area contributed by atoms with Crippen LogP contribution in [0.3, 0.4) is 0 Å². The first-order valence-corrected chi connectivity index (χ1v) is 0. The summed E-state index contributed by atoms with van der Waals surface area (Å²) in [5.41, 5.74) is 0. The van der Waals surface area contributed by atoms with E-state index in [9.17, 15) is 0 Å². The maximum absolute atomic E-state index is 0. The second-order valence-electron chi connectivity index (χ2n) is 0. The molecule has 2 heteroatoms. The van der Waals surface area contributed by atoms with Crippen molar-refractivity contribution >= 4 is 0 Å². The van der Waals surface area contributed by atoms with E-state index in [0.29, 0.717) is 0 Å². The fraction of sp³-hybridized carbons (Fsp3) is 0. The maximum Gasteiger partial charge on any atom is 0 e. The van der Waals surface area contributed by atoms with E-state index in [1.807, 2.05) is 0 Å². The minimum atomic E-state index is 0. The van der Waals surface area contributed by atoms with Crippen molar-refractivity contribution in [3.63, 3.8) is 0 Å². The first-order valence-electron chi connectivity index (χ1n) is 0. The van der Waals surface area contributed by atoms with Gasteiger partial charge in [0.1, 0.15) is 0 Å². The van der Waals surface area contributed by atoms with Crippen molar-refractivity contribution in [3.8, 4) is 0 Å². The Morgan fingerprint density at radius 1 is 0.500 bits per heavy atom. The Morgan fingerprint density at radius 3 is 0.500 bits per heavy atom. The molecular formula is C4H14NZr-5. The average molecular weight is 167 g/mol. The quantitative estimate of drug-likeness (QED) is 0.497. The number of hydrogen-bond donors (Lipinski definition) is 0. The Balaban J connectivity index is 0. The third-order valence-electron chi connectivity index (χ3n) is 0. The summed E-state index contributed by atoms with van der Waals surface area (Å²) in [5, 5.41) is 0. The van der Waals surface area contributed by atoms with Crippen LogP contribution in [0.1, 0.15) is 0 Å². The van der Waals surface area contributed by atoms with E-state index in [4.69, 9.17) is 0 Å². The SMILES string of the molecule is [CH3-].[CH3-].[CH3-].[CH3-].[NH2-].[Zr]. The van der Waals surface area contributed by atoms with E-state index < -0.39 is 0 Å². The van der Waals surface area contributed by atoms with E-state index in [1.54, 1.807) is 0 Å². The zero-order chi connectivity index (χ0) is 0. The molecule has 0 aromatic heterocycles. The number of hydrogen-bond acceptors (Lipinski definition) is 0. The van der Waals surface area contributed by atoms with Crippen LogP contribution >= 0.6 is 0 Å². The van der Waals surface area contributed by atoms with E-state index in [0.717, 1.165) is 0 Å². The number of nitrogens with two attached hydrogens (primary N) is 1. The molecule has 1 nitrogen and oxygen atoms in total. The second kappa shape index (κ2) is 193. The van der Waals surface area contributed by atoms with Gasteiger partial charge in [0.05, 0.1) is 0 Å². The van der Waals surface area contributed by atoms with Crippen LogP contribution in [0.15, 0.2) is 0 Å². The molecule has 0 heterocycles. The summed E-state index contributed by atoms with van der Waals surface area (Å²) in [6.07, 6.45) is 0. The molecule has 0 rings (SSSR count). The van der Waals surface area contributed by atoms with Gasteiger partial charge in [-0.1, -0.05) is 0 Å². The minimum Gasteiger partial charge on any atom is -0.693 e. The summed E-state index contributed by atoms with van der Waals surface area (Å²) in [7, 11) is 0. The van der Waals surface area contributed by atoms with Gasteiger partial charge in [-0.15, -0.1) is 0 Å². The predicted molar refractivity (Wildman–Crippen MR) is 30.9 cm³/mol. The van der Waals surface area contributed by atoms with Gasteiger partial charge in [-0.05, 0) is 0 Å². The molecule has 0 bridgehead atoms. The minimum absolute atomic E-state index is 0. The molecule has 44 valence electrons. The van der Waals surface area contributed by atoms with Crippen molar-refractivity contribution < 1.29 is 26.2 Å². The van der Waals surface area contributed by atoms with Crippen LogP contribution in [-0.4, -0.2) is 0 Å². The van der Waals surface area contributed by atoms with Crippen LogP contribution in [0.25, 0.3) is 6.15 Å². The van der Waals surface area contributed by atoms with Crippen LogP contribution in [0.5, 0.6) is 0 Å². The van der Waals surface area contributed by atoms with Gasteiger partial charge in [0, 0.05) is 26.2 Å². The van der Waals surface area contributed by atoms with E-state index in [1.165, 1.54) is 0 Å². The molecule has 0 amide bonds. The molecule has 2 N–H and O–H groups in total. The molecule has 0 aromatic carbocycles. The van der Waals surface area contributed by atoms with Crippen molar-refractivity contribution in [2.45, 2.75) is 0 Å². The number of rotatable bonds is 0. The Kier molecular flexibility index (Phi) is 10600. The van der Waals surface area contributed by atoms with Gasteiger partial charge in [-0.25, -0.2) is 0 Å². The van der Waals surface area contributed by atoms with E-state index >= 15 is 0 Å². The van der Waals surface area contributed by atoms with Crippen LogP contribution < -0.4 is 0 Å². The molecule has 0 unspecified atom stereocenters. The summed E-state index contributed by atoms with van der Waals surface area (Å²) < 4.78 is 0. The summed E-state index contributed by atoms with van der Waals surface area (Å²) >= 11 is 0. The molecular weight excluding hydrogens is 153 g/mol. The Bertz CT molecular complexity index is 7.51. The molecule has 0 aliphatic carbocycles. The molecule has 0 aliphatic heterocycles. The summed E-state index contributed by atoms with van der Waals surface area (Å²) in [6.45, 7) is 0. The first kappa shape index (κ1) is 329. The van der Waals surface area contributed by atoms with Crippen molar-refractivity contribution in [1.82, 2.24) is 0 Å². The fourth-order valence-electron chi connectivity index (χ4n) is 0. The average Bonchev–Trinajstić information content (AvgIpc) is 0. The zero-order valence-corrected chi connectivity index (χ0v) is 7.54. The van der Waals surface area contributed by atoms with Crippen LogP contribution in [0.2, 0.25) is 0 Å². The topological polar surface area (TPSA) is 33.5 Å². The summed E-state index contributed by atoms with van der Waals surface area (Å²) in [5.74, 6) is 0. The molecule has 0 saturated heterocycles. The molecule has 6 heavy (non-hydrogen) atoms. The first-order chi connectivity index (χ1) is 0. The smallest absolute Gasteiger partial charge is 0 e. The van der Waals surface area contributed by atoms with Gasteiger partial charge in [0.25, 0.3) is 0 Å². The van der Waals surface area contributed by atoms with Gasteiger partial charge in [-0.3, -0.25) is 0 Å². The van der Waals surface area contributed by atoms with Gasteiger partial charge < -0.3 is 35.9 Å². The van der Waals surface area contributed by atoms with Gasteiger partial charge in [0.2, 0.25) is 0 Å². The summed E-state index contributed by atoms with van der Waals surface area (Å²) in [6, 6.07) is 0. The third-order valence-corrected chi connectivity index (χ3v) is 0. The molecule has 0 aromatic rings. The Morgan fingerprint density at radius 2 is 0.500 bits per heavy atom. The predicted octanol–water partition coefficient (Wildman–Crippen LogP) is 2.52. The summed E-state index contributed by atoms with van der Waals surface area (Å²) in [4.78, 5) is 0. The second-order valence-corrected chi connectivity index (χ2v) is 0. The molecule has 0 fully saturated rings. The zero-order valence-electron chi connectivity index (χ0n) is 5.08. The third kappa shape index (κ3) is 101. The van der Waals surface area contributed by atoms with Gasteiger partial charge >= 0.3 is 0 Å². The maximum atomic E-state index is 0. The molecule has 0 aliphatic rings. The van der Waals surface area contributed by atoms with Crippen LogP contribution in [0.4, 0.5) is 0 Å². The van der Waals surface area contributed by atoms with Crippen LogP contribution in [-0.2, 0) is 26.2 Å². The molecule has 0 atom stereocenters. The van der Waals surface area contributed by atoms with Crippen molar-refractivity contribution in [1.29, 1.82) is 0 Å². The molecule has 0 radical (unpaired) electrons. The molecule has 0 spiro atoms.